The van der Waals surface area contributed by atoms with Crippen LogP contribution in [-0.2, 0) is 21.2 Å². The SMILES string of the molecule is COc1cc(CCN2C(=O)c3cccc4cccc(c34)C2=O)cc(S(=O)(=O)N2CCOCC2)c1OC. The third-order valence-electron chi connectivity index (χ3n) is 6.57. The maximum Gasteiger partial charge on any atom is 0.261 e. The molecule has 188 valence electrons. The second-order valence-corrected chi connectivity index (χ2v) is 10.5. The van der Waals surface area contributed by atoms with Crippen molar-refractivity contribution < 1.29 is 32.2 Å². The Morgan fingerprint density at radius 3 is 2.14 bits per heavy atom. The number of methoxy groups -OCH3 is 2. The molecular weight excluding hydrogens is 484 g/mol. The summed E-state index contributed by atoms with van der Waals surface area (Å²) in [4.78, 5) is 27.7. The van der Waals surface area contributed by atoms with Gasteiger partial charge in [0, 0.05) is 36.1 Å². The second kappa shape index (κ2) is 9.53. The van der Waals surface area contributed by atoms with Crippen LogP contribution in [0.4, 0.5) is 0 Å². The number of sulfonamides is 1. The largest absolute Gasteiger partial charge is 0.493 e. The van der Waals surface area contributed by atoms with Gasteiger partial charge in [-0.05, 0) is 41.6 Å². The van der Waals surface area contributed by atoms with E-state index in [0.717, 1.165) is 5.39 Å². The number of carbonyl (C=O) groups excluding carboxylic acids is 2. The lowest BCUT2D eigenvalue weighted by Gasteiger charge is -2.28. The van der Waals surface area contributed by atoms with Gasteiger partial charge in [0.25, 0.3) is 11.8 Å². The summed E-state index contributed by atoms with van der Waals surface area (Å²) in [6.45, 7) is 1.17. The van der Waals surface area contributed by atoms with Crippen LogP contribution in [0, 0.1) is 0 Å². The number of rotatable bonds is 7. The van der Waals surface area contributed by atoms with Gasteiger partial charge in [-0.3, -0.25) is 14.5 Å². The van der Waals surface area contributed by atoms with Gasteiger partial charge in [-0.15, -0.1) is 0 Å². The van der Waals surface area contributed by atoms with E-state index >= 15 is 0 Å². The predicted octanol–water partition coefficient (Wildman–Crippen LogP) is 2.72. The molecule has 0 aromatic heterocycles. The minimum absolute atomic E-state index is 0.0207. The molecule has 2 aliphatic rings. The van der Waals surface area contributed by atoms with E-state index < -0.39 is 10.0 Å². The summed E-state index contributed by atoms with van der Waals surface area (Å²) in [6, 6.07) is 14.0. The third-order valence-corrected chi connectivity index (χ3v) is 8.48. The average Bonchev–Trinajstić information content (AvgIpc) is 2.91. The summed E-state index contributed by atoms with van der Waals surface area (Å²) in [5.41, 5.74) is 1.55. The van der Waals surface area contributed by atoms with E-state index in [1.165, 1.54) is 29.5 Å². The highest BCUT2D eigenvalue weighted by atomic mass is 32.2. The molecule has 0 bridgehead atoms. The Labute approximate surface area is 209 Å². The first kappa shape index (κ1) is 24.2. The molecule has 1 saturated heterocycles. The van der Waals surface area contributed by atoms with Gasteiger partial charge in [0.15, 0.2) is 11.5 Å². The van der Waals surface area contributed by atoms with Crippen molar-refractivity contribution in [2.24, 2.45) is 0 Å². The first-order valence-corrected chi connectivity index (χ1v) is 13.0. The molecule has 9 nitrogen and oxygen atoms in total. The lowest BCUT2D eigenvalue weighted by Crippen LogP contribution is -2.41. The van der Waals surface area contributed by atoms with E-state index in [-0.39, 0.29) is 54.3 Å². The van der Waals surface area contributed by atoms with Crippen molar-refractivity contribution in [3.63, 3.8) is 0 Å². The summed E-state index contributed by atoms with van der Waals surface area (Å²) >= 11 is 0. The van der Waals surface area contributed by atoms with Gasteiger partial charge in [0.05, 0.1) is 27.4 Å². The lowest BCUT2D eigenvalue weighted by atomic mass is 9.94. The van der Waals surface area contributed by atoms with Gasteiger partial charge >= 0.3 is 0 Å². The highest BCUT2D eigenvalue weighted by Crippen LogP contribution is 2.38. The fourth-order valence-corrected chi connectivity index (χ4v) is 6.40. The molecule has 0 atom stereocenters. The van der Waals surface area contributed by atoms with Gasteiger partial charge in [0.2, 0.25) is 10.0 Å². The van der Waals surface area contributed by atoms with Crippen molar-refractivity contribution in [3.05, 3.63) is 65.2 Å². The maximum absolute atomic E-state index is 13.5. The number of morpholine rings is 1. The summed E-state index contributed by atoms with van der Waals surface area (Å²) in [5, 5.41) is 1.50. The smallest absolute Gasteiger partial charge is 0.261 e. The number of nitrogens with zero attached hydrogens (tertiary/aromatic N) is 2. The molecule has 5 rings (SSSR count). The van der Waals surface area contributed by atoms with Gasteiger partial charge in [-0.1, -0.05) is 24.3 Å². The highest BCUT2D eigenvalue weighted by Gasteiger charge is 2.34. The average molecular weight is 511 g/mol. The number of imide groups is 1. The van der Waals surface area contributed by atoms with Crippen molar-refractivity contribution >= 4 is 32.6 Å². The Kier molecular flexibility index (Phi) is 6.42. The number of ether oxygens (including phenoxy) is 3. The van der Waals surface area contributed by atoms with Crippen LogP contribution >= 0.6 is 0 Å². The van der Waals surface area contributed by atoms with Crippen molar-refractivity contribution in [2.75, 3.05) is 47.1 Å². The van der Waals surface area contributed by atoms with Crippen LogP contribution in [0.15, 0.2) is 53.4 Å². The van der Waals surface area contributed by atoms with Crippen LogP contribution in [-0.4, -0.2) is 76.5 Å². The van der Waals surface area contributed by atoms with E-state index in [0.29, 0.717) is 35.3 Å². The maximum atomic E-state index is 13.5. The molecule has 0 N–H and O–H groups in total. The molecule has 2 aliphatic heterocycles. The zero-order valence-electron chi connectivity index (χ0n) is 20.0. The molecular formula is C26H26N2O7S. The summed E-state index contributed by atoms with van der Waals surface area (Å²) in [5.74, 6) is -0.372. The third kappa shape index (κ3) is 4.01. The molecule has 0 unspecified atom stereocenters. The van der Waals surface area contributed by atoms with Gasteiger partial charge in [-0.25, -0.2) is 8.42 Å². The number of amides is 2. The Morgan fingerprint density at radius 2 is 1.56 bits per heavy atom. The first-order chi connectivity index (χ1) is 17.4. The van der Waals surface area contributed by atoms with Gasteiger partial charge < -0.3 is 14.2 Å². The van der Waals surface area contributed by atoms with Gasteiger partial charge in [-0.2, -0.15) is 4.31 Å². The Balaban J connectivity index is 1.47. The molecule has 2 heterocycles. The van der Waals surface area contributed by atoms with E-state index in [1.54, 1.807) is 30.3 Å². The molecule has 3 aromatic rings. The summed E-state index contributed by atoms with van der Waals surface area (Å²) < 4.78 is 44.4. The minimum atomic E-state index is -3.89. The van der Waals surface area contributed by atoms with Crippen molar-refractivity contribution in [1.82, 2.24) is 9.21 Å². The molecule has 3 aromatic carbocycles. The molecule has 0 aliphatic carbocycles. The number of carbonyl (C=O) groups is 2. The molecule has 10 heteroatoms. The Morgan fingerprint density at radius 1 is 0.917 bits per heavy atom. The molecule has 1 fully saturated rings. The topological polar surface area (TPSA) is 102 Å². The molecule has 0 radical (unpaired) electrons. The van der Waals surface area contributed by atoms with E-state index in [1.807, 2.05) is 12.1 Å². The summed E-state index contributed by atoms with van der Waals surface area (Å²) in [7, 11) is -1.07. The minimum Gasteiger partial charge on any atom is -0.493 e. The van der Waals surface area contributed by atoms with Crippen LogP contribution < -0.4 is 9.47 Å². The van der Waals surface area contributed by atoms with Crippen molar-refractivity contribution in [1.29, 1.82) is 0 Å². The monoisotopic (exact) mass is 510 g/mol. The van der Waals surface area contributed by atoms with Crippen LogP contribution in [0.2, 0.25) is 0 Å². The number of hydrogen-bond donors (Lipinski definition) is 0. The highest BCUT2D eigenvalue weighted by molar-refractivity contribution is 7.89. The second-order valence-electron chi connectivity index (χ2n) is 8.57. The predicted molar refractivity (Wildman–Crippen MR) is 132 cm³/mol. The molecule has 0 saturated carbocycles. The first-order valence-electron chi connectivity index (χ1n) is 11.6. The van der Waals surface area contributed by atoms with Crippen molar-refractivity contribution in [2.45, 2.75) is 11.3 Å². The van der Waals surface area contributed by atoms with E-state index in [9.17, 15) is 18.0 Å². The van der Waals surface area contributed by atoms with E-state index in [4.69, 9.17) is 14.2 Å². The van der Waals surface area contributed by atoms with E-state index in [2.05, 4.69) is 0 Å². The number of hydrogen-bond acceptors (Lipinski definition) is 7. The standard InChI is InChI=1S/C26H26N2O7S/c1-33-21-15-17(16-22(24(21)34-2)36(31,32)27-11-13-35-14-12-27)9-10-28-25(29)19-7-3-5-18-6-4-8-20(23(18)19)26(28)30/h3-8,15-16H,9-14H2,1-2H3. The van der Waals surface area contributed by atoms with Crippen LogP contribution in [0.25, 0.3) is 10.8 Å². The quantitative estimate of drug-likeness (QED) is 0.451. The Hall–Kier alpha value is -3.47. The van der Waals surface area contributed by atoms with Crippen LogP contribution in [0.5, 0.6) is 11.5 Å². The molecule has 36 heavy (non-hydrogen) atoms. The van der Waals surface area contributed by atoms with Crippen LogP contribution in [0.1, 0.15) is 26.3 Å². The van der Waals surface area contributed by atoms with Gasteiger partial charge in [0.1, 0.15) is 4.90 Å². The molecule has 2 amide bonds. The van der Waals surface area contributed by atoms with Crippen LogP contribution in [0.3, 0.4) is 0 Å². The lowest BCUT2D eigenvalue weighted by molar-refractivity contribution is 0.0612. The zero-order chi connectivity index (χ0) is 25.4. The fraction of sp³-hybridized carbons (Fsp3) is 0.308. The fourth-order valence-electron chi connectivity index (χ4n) is 4.77. The normalized spacial score (nSPS) is 16.4. The zero-order valence-corrected chi connectivity index (χ0v) is 20.8. The number of benzene rings is 3. The van der Waals surface area contributed by atoms with Crippen molar-refractivity contribution in [3.8, 4) is 11.5 Å². The summed E-state index contributed by atoms with van der Waals surface area (Å²) in [6.07, 6.45) is 0.238. The Bertz CT molecular complexity index is 1410. The molecule has 0 spiro atoms.